The highest BCUT2D eigenvalue weighted by molar-refractivity contribution is 5.98. The molecule has 4 heteroatoms. The summed E-state index contributed by atoms with van der Waals surface area (Å²) >= 11 is 0. The predicted molar refractivity (Wildman–Crippen MR) is 75.0 cm³/mol. The quantitative estimate of drug-likeness (QED) is 0.764. The van der Waals surface area contributed by atoms with Crippen molar-refractivity contribution in [3.63, 3.8) is 0 Å². The molecule has 2 aromatic rings. The largest absolute Gasteiger partial charge is 0.294 e. The van der Waals surface area contributed by atoms with E-state index in [4.69, 9.17) is 0 Å². The fraction of sp³-hybridized carbons (Fsp3) is 0.235. The Bertz CT molecular complexity index is 674. The van der Waals surface area contributed by atoms with Gasteiger partial charge in [0.25, 0.3) is 0 Å². The van der Waals surface area contributed by atoms with Crippen molar-refractivity contribution in [2.75, 3.05) is 0 Å². The second kappa shape index (κ2) is 5.72. The van der Waals surface area contributed by atoms with Crippen LogP contribution in [0.1, 0.15) is 32.6 Å². The van der Waals surface area contributed by atoms with E-state index in [0.29, 0.717) is 12.1 Å². The molecule has 1 nitrogen and oxygen atoms in total. The molecule has 0 aliphatic carbocycles. The van der Waals surface area contributed by atoms with E-state index in [0.717, 1.165) is 22.3 Å². The van der Waals surface area contributed by atoms with Crippen LogP contribution >= 0.6 is 0 Å². The van der Waals surface area contributed by atoms with Crippen molar-refractivity contribution >= 4 is 5.78 Å². The van der Waals surface area contributed by atoms with Gasteiger partial charge in [-0.15, -0.1) is 0 Å². The molecule has 2 aromatic carbocycles. The first-order valence-electron chi connectivity index (χ1n) is 6.54. The average Bonchev–Trinajstić information content (AvgIpc) is 2.32. The van der Waals surface area contributed by atoms with Crippen molar-refractivity contribution in [3.8, 4) is 0 Å². The van der Waals surface area contributed by atoms with Crippen LogP contribution in [0.15, 0.2) is 24.3 Å². The van der Waals surface area contributed by atoms with E-state index in [9.17, 15) is 18.0 Å². The lowest BCUT2D eigenvalue weighted by atomic mass is 9.93. The first-order chi connectivity index (χ1) is 9.79. The summed E-state index contributed by atoms with van der Waals surface area (Å²) in [4.78, 5) is 12.2. The number of hydrogen-bond acceptors (Lipinski definition) is 1. The molecule has 0 amide bonds. The number of hydrogen-bond donors (Lipinski definition) is 0. The van der Waals surface area contributed by atoms with Crippen LogP contribution in [-0.4, -0.2) is 5.78 Å². The van der Waals surface area contributed by atoms with Crippen molar-refractivity contribution in [3.05, 3.63) is 69.5 Å². The third-order valence-electron chi connectivity index (χ3n) is 3.46. The summed E-state index contributed by atoms with van der Waals surface area (Å²) in [5.74, 6) is -4.07. The van der Waals surface area contributed by atoms with Crippen LogP contribution in [0, 0.1) is 38.2 Å². The fourth-order valence-corrected chi connectivity index (χ4v) is 2.55. The van der Waals surface area contributed by atoms with Crippen molar-refractivity contribution in [2.24, 2.45) is 0 Å². The van der Waals surface area contributed by atoms with Gasteiger partial charge in [-0.1, -0.05) is 17.7 Å². The number of carbonyl (C=O) groups is 1. The molecule has 0 atom stereocenters. The average molecular weight is 292 g/mol. The molecule has 0 aliphatic rings. The maximum atomic E-state index is 13.6. The molecule has 0 aliphatic heterocycles. The first kappa shape index (κ1) is 15.3. The number of rotatable bonds is 3. The molecule has 110 valence electrons. The zero-order chi connectivity index (χ0) is 15.7. The summed E-state index contributed by atoms with van der Waals surface area (Å²) < 4.78 is 40.1. The second-order valence-electron chi connectivity index (χ2n) is 5.22. The first-order valence-corrected chi connectivity index (χ1v) is 6.54. The SMILES string of the molecule is Cc1cc(C)c(CC(=O)c2c(F)cc(F)cc2F)c(C)c1. The van der Waals surface area contributed by atoms with E-state index in [-0.39, 0.29) is 6.42 Å². The summed E-state index contributed by atoms with van der Waals surface area (Å²) in [6, 6.07) is 4.86. The van der Waals surface area contributed by atoms with Crippen LogP contribution in [0.25, 0.3) is 0 Å². The zero-order valence-corrected chi connectivity index (χ0v) is 12.1. The molecule has 2 rings (SSSR count). The number of halogens is 3. The lowest BCUT2D eigenvalue weighted by Crippen LogP contribution is -2.11. The standard InChI is InChI=1S/C17H15F3O/c1-9-4-10(2)13(11(3)5-9)8-16(21)17-14(19)6-12(18)7-15(17)20/h4-7H,8H2,1-3H3. The van der Waals surface area contributed by atoms with E-state index in [2.05, 4.69) is 0 Å². The van der Waals surface area contributed by atoms with Gasteiger partial charge in [-0.25, -0.2) is 13.2 Å². The molecule has 0 spiro atoms. The van der Waals surface area contributed by atoms with Gasteiger partial charge >= 0.3 is 0 Å². The van der Waals surface area contributed by atoms with E-state index in [1.807, 2.05) is 32.9 Å². The number of carbonyl (C=O) groups excluding carboxylic acids is 1. The van der Waals surface area contributed by atoms with Crippen LogP contribution in [0.3, 0.4) is 0 Å². The molecular weight excluding hydrogens is 277 g/mol. The van der Waals surface area contributed by atoms with Crippen LogP contribution in [0.2, 0.25) is 0 Å². The van der Waals surface area contributed by atoms with Crippen molar-refractivity contribution < 1.29 is 18.0 Å². The molecule has 0 aromatic heterocycles. The zero-order valence-electron chi connectivity index (χ0n) is 12.1. The van der Waals surface area contributed by atoms with Gasteiger partial charge in [0.05, 0.1) is 5.56 Å². The Morgan fingerprint density at radius 1 is 0.905 bits per heavy atom. The van der Waals surface area contributed by atoms with Crippen LogP contribution in [-0.2, 0) is 6.42 Å². The molecule has 0 saturated heterocycles. The molecule has 0 heterocycles. The third kappa shape index (κ3) is 3.15. The number of aryl methyl sites for hydroxylation is 3. The summed E-state index contributed by atoms with van der Waals surface area (Å²) in [6.45, 7) is 5.63. The van der Waals surface area contributed by atoms with Crippen LogP contribution in [0.4, 0.5) is 13.2 Å². The smallest absolute Gasteiger partial charge is 0.173 e. The Kier molecular flexibility index (Phi) is 4.16. The van der Waals surface area contributed by atoms with E-state index in [1.54, 1.807) is 0 Å². The van der Waals surface area contributed by atoms with Gasteiger partial charge in [-0.05, 0) is 37.5 Å². The van der Waals surface area contributed by atoms with E-state index >= 15 is 0 Å². The Morgan fingerprint density at radius 2 is 1.38 bits per heavy atom. The third-order valence-corrected chi connectivity index (χ3v) is 3.46. The van der Waals surface area contributed by atoms with Crippen LogP contribution in [0.5, 0.6) is 0 Å². The number of benzene rings is 2. The highest BCUT2D eigenvalue weighted by Gasteiger charge is 2.20. The predicted octanol–water partition coefficient (Wildman–Crippen LogP) is 4.45. The molecule has 0 radical (unpaired) electrons. The minimum Gasteiger partial charge on any atom is -0.294 e. The Labute approximate surface area is 121 Å². The summed E-state index contributed by atoms with van der Waals surface area (Å²) in [5.41, 5.74) is 2.90. The lowest BCUT2D eigenvalue weighted by Gasteiger charge is -2.11. The molecule has 0 bridgehead atoms. The fourth-order valence-electron chi connectivity index (χ4n) is 2.55. The topological polar surface area (TPSA) is 17.1 Å². The minimum absolute atomic E-state index is 0.114. The normalized spacial score (nSPS) is 10.8. The Morgan fingerprint density at radius 3 is 1.86 bits per heavy atom. The maximum absolute atomic E-state index is 13.6. The molecule has 0 saturated carbocycles. The van der Waals surface area contributed by atoms with E-state index < -0.39 is 28.8 Å². The van der Waals surface area contributed by atoms with Gasteiger partial charge in [0.1, 0.15) is 17.5 Å². The van der Waals surface area contributed by atoms with Gasteiger partial charge in [0, 0.05) is 18.6 Å². The Hall–Kier alpha value is -2.10. The maximum Gasteiger partial charge on any atom is 0.173 e. The summed E-state index contributed by atoms with van der Waals surface area (Å²) in [6.07, 6.45) is -0.114. The number of ketones is 1. The van der Waals surface area contributed by atoms with Crippen LogP contribution < -0.4 is 0 Å². The minimum atomic E-state index is -1.17. The van der Waals surface area contributed by atoms with Gasteiger partial charge in [0.15, 0.2) is 5.78 Å². The van der Waals surface area contributed by atoms with E-state index in [1.165, 1.54) is 0 Å². The monoisotopic (exact) mass is 292 g/mol. The summed E-state index contributed by atoms with van der Waals surface area (Å²) in [7, 11) is 0. The van der Waals surface area contributed by atoms with Gasteiger partial charge in [-0.2, -0.15) is 0 Å². The molecule has 21 heavy (non-hydrogen) atoms. The number of Topliss-reactive ketones (excluding diaryl/α,β-unsaturated/α-hetero) is 1. The highest BCUT2D eigenvalue weighted by Crippen LogP contribution is 2.21. The lowest BCUT2D eigenvalue weighted by molar-refractivity contribution is 0.0984. The highest BCUT2D eigenvalue weighted by atomic mass is 19.1. The second-order valence-corrected chi connectivity index (χ2v) is 5.22. The van der Waals surface area contributed by atoms with Crippen molar-refractivity contribution in [1.82, 2.24) is 0 Å². The van der Waals surface area contributed by atoms with Crippen molar-refractivity contribution in [1.29, 1.82) is 0 Å². The molecular formula is C17H15F3O. The Balaban J connectivity index is 2.40. The van der Waals surface area contributed by atoms with Gasteiger partial charge < -0.3 is 0 Å². The van der Waals surface area contributed by atoms with Gasteiger partial charge in [-0.3, -0.25) is 4.79 Å². The molecule has 0 unspecified atom stereocenters. The molecule has 0 fully saturated rings. The van der Waals surface area contributed by atoms with Crippen molar-refractivity contribution in [2.45, 2.75) is 27.2 Å². The van der Waals surface area contributed by atoms with Gasteiger partial charge in [0.2, 0.25) is 0 Å². The molecule has 0 N–H and O–H groups in total. The summed E-state index contributed by atoms with van der Waals surface area (Å²) in [5, 5.41) is 0.